The largest absolute Gasteiger partial charge is 0.573 e. The summed E-state index contributed by atoms with van der Waals surface area (Å²) in [5.41, 5.74) is 0.299. The minimum Gasteiger partial charge on any atom is -0.405 e. The van der Waals surface area contributed by atoms with Gasteiger partial charge in [0.1, 0.15) is 11.5 Å². The molecule has 8 nitrogen and oxygen atoms in total. The Bertz CT molecular complexity index is 1050. The van der Waals surface area contributed by atoms with Crippen molar-refractivity contribution >= 4 is 34.2 Å². The van der Waals surface area contributed by atoms with E-state index in [1.54, 1.807) is 6.07 Å². The maximum absolute atomic E-state index is 12.3. The van der Waals surface area contributed by atoms with Gasteiger partial charge in [0, 0.05) is 42.4 Å². The van der Waals surface area contributed by atoms with Gasteiger partial charge in [0.2, 0.25) is 0 Å². The summed E-state index contributed by atoms with van der Waals surface area (Å²) in [5.74, 6) is -0.992. The molecule has 40 heavy (non-hydrogen) atoms. The molecule has 0 radical (unpaired) electrons. The minimum atomic E-state index is -4.82. The molecule has 2 aromatic carbocycles. The fraction of sp³-hybridized carbons (Fsp3) is 0.440. The normalized spacial score (nSPS) is 15.2. The Morgan fingerprint density at radius 3 is 1.68 bits per heavy atom. The van der Waals surface area contributed by atoms with Crippen LogP contribution in [0.4, 0.5) is 32.0 Å². The molecular weight excluding hydrogens is 618 g/mol. The van der Waals surface area contributed by atoms with Crippen molar-refractivity contribution in [2.45, 2.75) is 20.2 Å². The Morgan fingerprint density at radius 1 is 0.775 bits per heavy atom. The third-order valence-corrected chi connectivity index (χ3v) is 5.39. The molecule has 2 aliphatic rings. The van der Waals surface area contributed by atoms with Gasteiger partial charge in [0.15, 0.2) is 12.6 Å². The maximum Gasteiger partial charge on any atom is 0.573 e. The van der Waals surface area contributed by atoms with E-state index in [-0.39, 0.29) is 18.6 Å². The zero-order chi connectivity index (χ0) is 28.9. The third kappa shape index (κ3) is 13.5. The molecule has 0 bridgehead atoms. The number of hydrogen-bond donors (Lipinski definition) is 1. The zero-order valence-corrected chi connectivity index (χ0v) is 21.9. The third-order valence-electron chi connectivity index (χ3n) is 4.90. The van der Waals surface area contributed by atoms with Gasteiger partial charge in [-0.05, 0) is 30.3 Å². The van der Waals surface area contributed by atoms with Gasteiger partial charge in [-0.3, -0.25) is 9.59 Å². The van der Waals surface area contributed by atoms with Crippen molar-refractivity contribution in [3.8, 4) is 11.5 Å². The molecule has 15 heteroatoms. The molecule has 224 valence electrons. The highest BCUT2D eigenvalue weighted by Gasteiger charge is 2.33. The SMILES string of the molecule is C.C1COCCN1.O=Cc1ccc(Br)cc1OC(F)(F)F.O=Cc1ccc(N2CCOCC2)cc1OC(F)(F)F. The lowest BCUT2D eigenvalue weighted by atomic mass is 10.2. The molecule has 1 N–H and O–H groups in total. The van der Waals surface area contributed by atoms with Crippen molar-refractivity contribution in [3.63, 3.8) is 0 Å². The van der Waals surface area contributed by atoms with Crippen LogP contribution in [-0.2, 0) is 9.47 Å². The minimum absolute atomic E-state index is 0. The molecule has 2 aromatic rings. The number of ether oxygens (including phenoxy) is 4. The van der Waals surface area contributed by atoms with Gasteiger partial charge in [-0.25, -0.2) is 0 Å². The zero-order valence-electron chi connectivity index (χ0n) is 20.3. The van der Waals surface area contributed by atoms with Crippen LogP contribution in [0.5, 0.6) is 11.5 Å². The molecular formula is C25H29BrF6N2O6. The summed E-state index contributed by atoms with van der Waals surface area (Å²) in [7, 11) is 0. The van der Waals surface area contributed by atoms with E-state index in [1.165, 1.54) is 24.3 Å². The van der Waals surface area contributed by atoms with Gasteiger partial charge in [0.05, 0.1) is 37.6 Å². The number of carbonyl (C=O) groups excluding carboxylic acids is 2. The number of nitrogens with one attached hydrogen (secondary N) is 1. The lowest BCUT2D eigenvalue weighted by Gasteiger charge is -2.29. The van der Waals surface area contributed by atoms with E-state index in [0.717, 1.165) is 32.4 Å². The summed E-state index contributed by atoms with van der Waals surface area (Å²) < 4.78 is 90.4. The second kappa shape index (κ2) is 17.0. The monoisotopic (exact) mass is 646 g/mol. The molecule has 0 aliphatic carbocycles. The Labute approximate surface area is 235 Å². The highest BCUT2D eigenvalue weighted by Crippen LogP contribution is 2.30. The summed E-state index contributed by atoms with van der Waals surface area (Å²) >= 11 is 2.97. The van der Waals surface area contributed by atoms with E-state index in [9.17, 15) is 35.9 Å². The van der Waals surface area contributed by atoms with Crippen molar-refractivity contribution in [2.75, 3.05) is 57.5 Å². The number of carbonyl (C=O) groups is 2. The predicted octanol–water partition coefficient (Wildman–Crippen LogP) is 5.64. The average molecular weight is 647 g/mol. The molecule has 2 fully saturated rings. The standard InChI is InChI=1S/C12H12F3NO3.C8H4BrF3O2.C4H9NO.CH4/c13-12(14,15)19-11-7-10(2-1-9(11)8-17)16-3-5-18-6-4-16;9-6-2-1-5(4-13)7(3-6)14-8(10,11)12;1-3-6-4-2-5-1;/h1-2,7-8H,3-6H2;1-4H;5H,1-4H2;1H4. The molecule has 0 atom stereocenters. The molecule has 4 rings (SSSR count). The molecule has 0 saturated carbocycles. The van der Waals surface area contributed by atoms with Crippen molar-refractivity contribution < 1.29 is 54.9 Å². The summed E-state index contributed by atoms with van der Waals surface area (Å²) in [5, 5.41) is 3.16. The number of anilines is 1. The molecule has 2 aliphatic heterocycles. The highest BCUT2D eigenvalue weighted by atomic mass is 79.9. The summed E-state index contributed by atoms with van der Waals surface area (Å²) in [6, 6.07) is 7.90. The Kier molecular flexibility index (Phi) is 15.0. The number of aldehydes is 2. The highest BCUT2D eigenvalue weighted by molar-refractivity contribution is 9.10. The van der Waals surface area contributed by atoms with E-state index in [0.29, 0.717) is 49.0 Å². The Morgan fingerprint density at radius 2 is 1.25 bits per heavy atom. The van der Waals surface area contributed by atoms with Crippen LogP contribution in [0.3, 0.4) is 0 Å². The number of benzene rings is 2. The van der Waals surface area contributed by atoms with Crippen LogP contribution in [0.15, 0.2) is 40.9 Å². The van der Waals surface area contributed by atoms with Crippen molar-refractivity contribution in [1.82, 2.24) is 5.32 Å². The molecule has 0 unspecified atom stereocenters. The first-order valence-electron chi connectivity index (χ1n) is 11.4. The van der Waals surface area contributed by atoms with Gasteiger partial charge in [-0.15, -0.1) is 26.3 Å². The van der Waals surface area contributed by atoms with Crippen molar-refractivity contribution in [2.24, 2.45) is 0 Å². The number of nitrogens with zero attached hydrogens (tertiary/aromatic N) is 1. The van der Waals surface area contributed by atoms with E-state index < -0.39 is 24.2 Å². The smallest absolute Gasteiger partial charge is 0.405 e. The predicted molar refractivity (Wildman–Crippen MR) is 138 cm³/mol. The molecule has 0 amide bonds. The molecule has 2 heterocycles. The van der Waals surface area contributed by atoms with Crippen molar-refractivity contribution in [3.05, 3.63) is 52.0 Å². The van der Waals surface area contributed by atoms with Gasteiger partial charge in [-0.2, -0.15) is 0 Å². The lowest BCUT2D eigenvalue weighted by molar-refractivity contribution is -0.275. The Hall–Kier alpha value is -2.88. The van der Waals surface area contributed by atoms with Gasteiger partial charge >= 0.3 is 12.7 Å². The topological polar surface area (TPSA) is 86.3 Å². The van der Waals surface area contributed by atoms with Crippen LogP contribution < -0.4 is 19.7 Å². The number of morpholine rings is 2. The van der Waals surface area contributed by atoms with E-state index in [4.69, 9.17) is 9.47 Å². The second-order valence-corrected chi connectivity index (χ2v) is 8.61. The van der Waals surface area contributed by atoms with E-state index in [2.05, 4.69) is 30.7 Å². The fourth-order valence-electron chi connectivity index (χ4n) is 3.19. The molecule has 0 spiro atoms. The Balaban J connectivity index is 0.000000333. The number of hydrogen-bond acceptors (Lipinski definition) is 8. The number of rotatable bonds is 5. The van der Waals surface area contributed by atoms with Crippen LogP contribution in [0.25, 0.3) is 0 Å². The first kappa shape index (κ1) is 35.1. The number of alkyl halides is 6. The lowest BCUT2D eigenvalue weighted by Crippen LogP contribution is -2.36. The van der Waals surface area contributed by atoms with Crippen LogP contribution in [0, 0.1) is 0 Å². The van der Waals surface area contributed by atoms with E-state index in [1.807, 2.05) is 4.90 Å². The van der Waals surface area contributed by atoms with Crippen LogP contribution in [-0.4, -0.2) is 77.9 Å². The van der Waals surface area contributed by atoms with Crippen LogP contribution in [0.1, 0.15) is 28.1 Å². The second-order valence-electron chi connectivity index (χ2n) is 7.70. The summed E-state index contributed by atoms with van der Waals surface area (Å²) in [6.45, 7) is 6.05. The average Bonchev–Trinajstić information content (AvgIpc) is 2.89. The van der Waals surface area contributed by atoms with Gasteiger partial charge in [-0.1, -0.05) is 23.4 Å². The van der Waals surface area contributed by atoms with Crippen LogP contribution >= 0.6 is 15.9 Å². The number of halogens is 7. The fourth-order valence-corrected chi connectivity index (χ4v) is 3.53. The maximum atomic E-state index is 12.3. The molecule has 2 saturated heterocycles. The van der Waals surface area contributed by atoms with E-state index >= 15 is 0 Å². The summed E-state index contributed by atoms with van der Waals surface area (Å²) in [4.78, 5) is 23.0. The first-order chi connectivity index (χ1) is 18.4. The van der Waals surface area contributed by atoms with Gasteiger partial charge < -0.3 is 29.2 Å². The first-order valence-corrected chi connectivity index (χ1v) is 12.2. The molecule has 0 aromatic heterocycles. The summed E-state index contributed by atoms with van der Waals surface area (Å²) in [6.07, 6.45) is -8.97. The quantitative estimate of drug-likeness (QED) is 0.330. The van der Waals surface area contributed by atoms with Gasteiger partial charge in [0.25, 0.3) is 0 Å². The van der Waals surface area contributed by atoms with Crippen LogP contribution in [0.2, 0.25) is 0 Å². The van der Waals surface area contributed by atoms with Crippen molar-refractivity contribution in [1.29, 1.82) is 0 Å².